The molecule has 0 aliphatic carbocycles. The summed E-state index contributed by atoms with van der Waals surface area (Å²) in [6, 6.07) is 26.5. The van der Waals surface area contributed by atoms with Crippen molar-refractivity contribution in [3.05, 3.63) is 106 Å². The molecule has 156 valence electrons. The predicted octanol–water partition coefficient (Wildman–Crippen LogP) is 4.72. The van der Waals surface area contributed by atoms with Crippen LogP contribution in [0.5, 0.6) is 0 Å². The lowest BCUT2D eigenvalue weighted by atomic mass is 9.92. The van der Waals surface area contributed by atoms with Gasteiger partial charge in [-0.1, -0.05) is 60.2 Å². The fourth-order valence-corrected chi connectivity index (χ4v) is 4.36. The lowest BCUT2D eigenvalue weighted by Gasteiger charge is -2.40. The van der Waals surface area contributed by atoms with Crippen LogP contribution < -0.4 is 0 Å². The Morgan fingerprint density at radius 3 is 2.35 bits per heavy atom. The number of nitriles is 1. The first-order chi connectivity index (χ1) is 15.1. The van der Waals surface area contributed by atoms with Crippen LogP contribution in [-0.4, -0.2) is 41.9 Å². The van der Waals surface area contributed by atoms with Crippen molar-refractivity contribution in [3.63, 3.8) is 0 Å². The van der Waals surface area contributed by atoms with E-state index in [-0.39, 0.29) is 11.9 Å². The minimum Gasteiger partial charge on any atom is -0.336 e. The number of carbonyl (C=O) groups is 1. The molecule has 0 bridgehead atoms. The second-order valence-electron chi connectivity index (χ2n) is 8.19. The number of amides is 1. The first-order valence-electron chi connectivity index (χ1n) is 10.7. The van der Waals surface area contributed by atoms with Crippen molar-refractivity contribution in [2.75, 3.05) is 26.2 Å². The molecule has 1 atom stereocenters. The minimum absolute atomic E-state index is 0.000234. The minimum atomic E-state index is -0.000234. The van der Waals surface area contributed by atoms with Crippen molar-refractivity contribution in [1.29, 1.82) is 5.26 Å². The number of aryl methyl sites for hydroxylation is 2. The molecule has 1 fully saturated rings. The normalized spacial score (nSPS) is 15.3. The smallest absolute Gasteiger partial charge is 0.253 e. The van der Waals surface area contributed by atoms with E-state index >= 15 is 0 Å². The molecule has 1 aliphatic heterocycles. The molecule has 0 N–H and O–H groups in total. The standard InChI is InChI=1S/C27H27N3O/c1-20-11-12-21(2)25(17-20)26(23-8-4-3-5-9-23)29-13-15-30(16-14-29)27(31)24-10-6-7-22(18-24)19-28/h3-12,17-18,26H,13-16H2,1-2H3/t26-/m1/s1. The third-order valence-electron chi connectivity index (χ3n) is 6.05. The zero-order valence-electron chi connectivity index (χ0n) is 18.1. The van der Waals surface area contributed by atoms with Gasteiger partial charge in [0.05, 0.1) is 17.7 Å². The first-order valence-corrected chi connectivity index (χ1v) is 10.7. The number of rotatable bonds is 4. The molecule has 0 radical (unpaired) electrons. The molecule has 3 aromatic rings. The first kappa shape index (κ1) is 20.8. The quantitative estimate of drug-likeness (QED) is 0.626. The van der Waals surface area contributed by atoms with Crippen LogP contribution in [0.15, 0.2) is 72.8 Å². The second-order valence-corrected chi connectivity index (χ2v) is 8.19. The summed E-state index contributed by atoms with van der Waals surface area (Å²) in [6.07, 6.45) is 0. The van der Waals surface area contributed by atoms with Crippen LogP contribution in [0.3, 0.4) is 0 Å². The fourth-order valence-electron chi connectivity index (χ4n) is 4.36. The van der Waals surface area contributed by atoms with Crippen LogP contribution in [0, 0.1) is 25.2 Å². The zero-order chi connectivity index (χ0) is 21.8. The van der Waals surface area contributed by atoms with Crippen LogP contribution in [0.4, 0.5) is 0 Å². The van der Waals surface area contributed by atoms with Crippen molar-refractivity contribution >= 4 is 5.91 Å². The van der Waals surface area contributed by atoms with E-state index in [9.17, 15) is 4.79 Å². The summed E-state index contributed by atoms with van der Waals surface area (Å²) in [5.74, 6) is -0.000234. The Morgan fingerprint density at radius 2 is 1.65 bits per heavy atom. The molecule has 1 amide bonds. The van der Waals surface area contributed by atoms with Gasteiger partial charge in [0.1, 0.15) is 0 Å². The van der Waals surface area contributed by atoms with Gasteiger partial charge in [-0.2, -0.15) is 5.26 Å². The Kier molecular flexibility index (Phi) is 6.16. The summed E-state index contributed by atoms with van der Waals surface area (Å²) >= 11 is 0. The maximum atomic E-state index is 13.0. The third kappa shape index (κ3) is 4.52. The van der Waals surface area contributed by atoms with Crippen LogP contribution in [-0.2, 0) is 0 Å². The molecule has 0 saturated carbocycles. The Labute approximate surface area is 184 Å². The van der Waals surface area contributed by atoms with Crippen LogP contribution >= 0.6 is 0 Å². The maximum absolute atomic E-state index is 13.0. The topological polar surface area (TPSA) is 47.3 Å². The van der Waals surface area contributed by atoms with E-state index in [1.807, 2.05) is 4.90 Å². The summed E-state index contributed by atoms with van der Waals surface area (Å²) in [6.45, 7) is 7.25. The van der Waals surface area contributed by atoms with Gasteiger partial charge < -0.3 is 4.90 Å². The molecule has 4 rings (SSSR count). The molecule has 4 heteroatoms. The Bertz CT molecular complexity index is 1110. The van der Waals surface area contributed by atoms with Crippen LogP contribution in [0.1, 0.15) is 44.2 Å². The largest absolute Gasteiger partial charge is 0.336 e. The van der Waals surface area contributed by atoms with E-state index in [4.69, 9.17) is 5.26 Å². The van der Waals surface area contributed by atoms with Crippen molar-refractivity contribution in [1.82, 2.24) is 9.80 Å². The average Bonchev–Trinajstić information content (AvgIpc) is 2.82. The summed E-state index contributed by atoms with van der Waals surface area (Å²) in [7, 11) is 0. The third-order valence-corrected chi connectivity index (χ3v) is 6.05. The highest BCUT2D eigenvalue weighted by atomic mass is 16.2. The fraction of sp³-hybridized carbons (Fsp3) is 0.259. The molecule has 0 unspecified atom stereocenters. The van der Waals surface area contributed by atoms with E-state index in [1.54, 1.807) is 24.3 Å². The van der Waals surface area contributed by atoms with E-state index < -0.39 is 0 Å². The molecular formula is C27H27N3O. The average molecular weight is 410 g/mol. The van der Waals surface area contributed by atoms with Gasteiger partial charge in [-0.3, -0.25) is 9.69 Å². The highest BCUT2D eigenvalue weighted by Gasteiger charge is 2.29. The highest BCUT2D eigenvalue weighted by molar-refractivity contribution is 5.94. The van der Waals surface area contributed by atoms with Crippen LogP contribution in [0.2, 0.25) is 0 Å². The Morgan fingerprint density at radius 1 is 0.903 bits per heavy atom. The molecule has 1 aliphatic rings. The van der Waals surface area contributed by atoms with Gasteiger partial charge in [-0.05, 0) is 48.7 Å². The highest BCUT2D eigenvalue weighted by Crippen LogP contribution is 2.32. The van der Waals surface area contributed by atoms with Gasteiger partial charge in [0.15, 0.2) is 0 Å². The molecule has 0 aromatic heterocycles. The van der Waals surface area contributed by atoms with Crippen molar-refractivity contribution in [3.8, 4) is 6.07 Å². The molecule has 1 saturated heterocycles. The van der Waals surface area contributed by atoms with Gasteiger partial charge in [0.2, 0.25) is 0 Å². The van der Waals surface area contributed by atoms with Gasteiger partial charge in [0, 0.05) is 31.7 Å². The lowest BCUT2D eigenvalue weighted by Crippen LogP contribution is -2.50. The molecule has 31 heavy (non-hydrogen) atoms. The molecule has 3 aromatic carbocycles. The Hall–Kier alpha value is -3.42. The number of nitrogens with zero attached hydrogens (tertiary/aromatic N) is 3. The van der Waals surface area contributed by atoms with E-state index in [2.05, 4.69) is 73.3 Å². The van der Waals surface area contributed by atoms with Crippen molar-refractivity contribution in [2.45, 2.75) is 19.9 Å². The van der Waals surface area contributed by atoms with E-state index in [0.29, 0.717) is 24.2 Å². The molecule has 0 spiro atoms. The maximum Gasteiger partial charge on any atom is 0.253 e. The number of benzene rings is 3. The molecule has 1 heterocycles. The summed E-state index contributed by atoms with van der Waals surface area (Å²) in [4.78, 5) is 17.4. The number of piperazine rings is 1. The lowest BCUT2D eigenvalue weighted by molar-refractivity contribution is 0.0597. The van der Waals surface area contributed by atoms with Gasteiger partial charge in [-0.15, -0.1) is 0 Å². The second kappa shape index (κ2) is 9.16. The number of carbonyl (C=O) groups excluding carboxylic acids is 1. The van der Waals surface area contributed by atoms with Crippen molar-refractivity contribution in [2.24, 2.45) is 0 Å². The van der Waals surface area contributed by atoms with Gasteiger partial charge in [-0.25, -0.2) is 0 Å². The van der Waals surface area contributed by atoms with E-state index in [0.717, 1.165) is 13.1 Å². The summed E-state index contributed by atoms with van der Waals surface area (Å²) in [5.41, 5.74) is 6.24. The van der Waals surface area contributed by atoms with E-state index in [1.165, 1.54) is 22.3 Å². The predicted molar refractivity (Wildman–Crippen MR) is 123 cm³/mol. The summed E-state index contributed by atoms with van der Waals surface area (Å²) < 4.78 is 0. The van der Waals surface area contributed by atoms with Gasteiger partial charge in [0.25, 0.3) is 5.91 Å². The van der Waals surface area contributed by atoms with Crippen molar-refractivity contribution < 1.29 is 4.79 Å². The monoisotopic (exact) mass is 409 g/mol. The number of hydrogen-bond acceptors (Lipinski definition) is 3. The van der Waals surface area contributed by atoms with Gasteiger partial charge >= 0.3 is 0 Å². The molecular weight excluding hydrogens is 382 g/mol. The van der Waals surface area contributed by atoms with Crippen LogP contribution in [0.25, 0.3) is 0 Å². The zero-order valence-corrected chi connectivity index (χ0v) is 18.1. The molecule has 4 nitrogen and oxygen atoms in total. The SMILES string of the molecule is Cc1ccc(C)c([C@@H](c2ccccc2)N2CCN(C(=O)c3cccc(C#N)c3)CC2)c1. The number of hydrogen-bond donors (Lipinski definition) is 0. The summed E-state index contributed by atoms with van der Waals surface area (Å²) in [5, 5.41) is 9.13. The Balaban J connectivity index is 1.56.